The van der Waals surface area contributed by atoms with E-state index in [9.17, 15) is 9.59 Å². The van der Waals surface area contributed by atoms with Gasteiger partial charge in [-0.2, -0.15) is 0 Å². The van der Waals surface area contributed by atoms with E-state index in [2.05, 4.69) is 10.6 Å². The van der Waals surface area contributed by atoms with Crippen molar-refractivity contribution in [3.05, 3.63) is 102 Å². The monoisotopic (exact) mass is 453 g/mol. The van der Waals surface area contributed by atoms with Gasteiger partial charge >= 0.3 is 0 Å². The van der Waals surface area contributed by atoms with Crippen molar-refractivity contribution in [1.29, 1.82) is 0 Å². The van der Waals surface area contributed by atoms with Crippen molar-refractivity contribution in [3.8, 4) is 10.6 Å². The van der Waals surface area contributed by atoms with Crippen LogP contribution in [-0.4, -0.2) is 16.8 Å². The van der Waals surface area contributed by atoms with Crippen LogP contribution < -0.4 is 10.6 Å². The predicted molar refractivity (Wildman–Crippen MR) is 131 cm³/mol. The molecule has 0 saturated heterocycles. The molecule has 33 heavy (non-hydrogen) atoms. The number of amides is 2. The van der Waals surface area contributed by atoms with Gasteiger partial charge in [0.05, 0.1) is 22.2 Å². The van der Waals surface area contributed by atoms with Crippen LogP contribution in [0.2, 0.25) is 0 Å². The number of hydrogen-bond donors (Lipinski definition) is 2. The highest BCUT2D eigenvalue weighted by Crippen LogP contribution is 2.34. The molecule has 2 heterocycles. The topological polar surface area (TPSA) is 84.2 Å². The minimum Gasteiger partial charge on any atom is -0.459 e. The molecule has 162 valence electrons. The van der Waals surface area contributed by atoms with Crippen LogP contribution in [0.4, 0.5) is 11.4 Å². The fourth-order valence-corrected chi connectivity index (χ4v) is 4.46. The van der Waals surface area contributed by atoms with E-state index in [0.717, 1.165) is 26.4 Å². The molecule has 3 aromatic carbocycles. The predicted octanol–water partition coefficient (Wildman–Crippen LogP) is 6.37. The molecule has 0 atom stereocenters. The first-order chi connectivity index (χ1) is 16.1. The third kappa shape index (κ3) is 4.26. The van der Waals surface area contributed by atoms with Gasteiger partial charge in [-0.05, 0) is 61.0 Å². The Morgan fingerprint density at radius 1 is 0.848 bits per heavy atom. The van der Waals surface area contributed by atoms with Crippen molar-refractivity contribution in [1.82, 2.24) is 4.98 Å². The molecule has 0 aliphatic heterocycles. The first kappa shape index (κ1) is 20.7. The van der Waals surface area contributed by atoms with Gasteiger partial charge in [0.25, 0.3) is 11.8 Å². The highest BCUT2D eigenvalue weighted by molar-refractivity contribution is 7.21. The summed E-state index contributed by atoms with van der Waals surface area (Å²) in [6.07, 6.45) is 1.44. The summed E-state index contributed by atoms with van der Waals surface area (Å²) < 4.78 is 6.23. The number of aryl methyl sites for hydroxylation is 1. The Labute approximate surface area is 193 Å². The fraction of sp³-hybridized carbons (Fsp3) is 0.0385. The zero-order valence-corrected chi connectivity index (χ0v) is 18.5. The summed E-state index contributed by atoms with van der Waals surface area (Å²) >= 11 is 1.58. The zero-order valence-electron chi connectivity index (χ0n) is 17.7. The molecule has 7 heteroatoms. The van der Waals surface area contributed by atoms with Crippen LogP contribution in [0.25, 0.3) is 20.8 Å². The highest BCUT2D eigenvalue weighted by Gasteiger charge is 2.16. The Hall–Kier alpha value is -4.23. The number of nitrogens with zero attached hydrogens (tertiary/aromatic N) is 1. The lowest BCUT2D eigenvalue weighted by molar-refractivity contribution is 0.0993. The van der Waals surface area contributed by atoms with E-state index >= 15 is 0 Å². The van der Waals surface area contributed by atoms with E-state index in [1.807, 2.05) is 55.5 Å². The molecule has 2 amide bonds. The van der Waals surface area contributed by atoms with Gasteiger partial charge in [-0.25, -0.2) is 4.98 Å². The molecule has 0 aliphatic carbocycles. The molecule has 6 nitrogen and oxygen atoms in total. The number of carbonyl (C=O) groups is 2. The van der Waals surface area contributed by atoms with Crippen LogP contribution in [-0.2, 0) is 0 Å². The standard InChI is InChI=1S/C26H19N3O3S/c1-16-12-13-17(15-21(16)28-25(31)22-10-6-14-32-22)24(30)27-19-8-3-2-7-18(19)26-29-20-9-4-5-11-23(20)33-26/h2-15H,1H3,(H,27,30)(H,28,31). The van der Waals surface area contributed by atoms with Gasteiger partial charge in [0.1, 0.15) is 5.01 Å². The highest BCUT2D eigenvalue weighted by atomic mass is 32.1. The van der Waals surface area contributed by atoms with Crippen LogP contribution in [0.15, 0.2) is 89.5 Å². The average molecular weight is 454 g/mol. The van der Waals surface area contributed by atoms with Gasteiger partial charge in [-0.1, -0.05) is 30.3 Å². The molecule has 5 aromatic rings. The summed E-state index contributed by atoms with van der Waals surface area (Å²) in [6, 6.07) is 24.0. The fourth-order valence-electron chi connectivity index (χ4n) is 3.45. The molecule has 0 radical (unpaired) electrons. The molecule has 0 aliphatic rings. The number of hydrogen-bond acceptors (Lipinski definition) is 5. The second-order valence-corrected chi connectivity index (χ2v) is 8.48. The number of aromatic nitrogens is 1. The minimum absolute atomic E-state index is 0.203. The Morgan fingerprint density at radius 2 is 1.64 bits per heavy atom. The van der Waals surface area contributed by atoms with Crippen LogP contribution in [0, 0.1) is 6.92 Å². The zero-order chi connectivity index (χ0) is 22.8. The van der Waals surface area contributed by atoms with Crippen LogP contribution >= 0.6 is 11.3 Å². The molecule has 5 rings (SSSR count). The number of para-hydroxylation sites is 2. The first-order valence-electron chi connectivity index (χ1n) is 10.3. The maximum absolute atomic E-state index is 13.1. The quantitative estimate of drug-likeness (QED) is 0.324. The van der Waals surface area contributed by atoms with Crippen LogP contribution in [0.1, 0.15) is 26.5 Å². The third-order valence-electron chi connectivity index (χ3n) is 5.19. The van der Waals surface area contributed by atoms with Crippen molar-refractivity contribution < 1.29 is 14.0 Å². The third-order valence-corrected chi connectivity index (χ3v) is 6.26. The van der Waals surface area contributed by atoms with Gasteiger partial charge in [0.15, 0.2) is 5.76 Å². The Bertz CT molecular complexity index is 1440. The lowest BCUT2D eigenvalue weighted by Crippen LogP contribution is -2.15. The maximum atomic E-state index is 13.1. The van der Waals surface area contributed by atoms with Gasteiger partial charge in [-0.3, -0.25) is 9.59 Å². The minimum atomic E-state index is -0.373. The number of furan rings is 1. The largest absolute Gasteiger partial charge is 0.459 e. The number of carbonyl (C=O) groups excluding carboxylic acids is 2. The second-order valence-electron chi connectivity index (χ2n) is 7.45. The van der Waals surface area contributed by atoms with E-state index in [0.29, 0.717) is 16.9 Å². The van der Waals surface area contributed by atoms with Crippen molar-refractivity contribution in [2.45, 2.75) is 6.92 Å². The SMILES string of the molecule is Cc1ccc(C(=O)Nc2ccccc2-c2nc3ccccc3s2)cc1NC(=O)c1ccco1. The molecular weight excluding hydrogens is 434 g/mol. The van der Waals surface area contributed by atoms with Crippen LogP contribution in [0.3, 0.4) is 0 Å². The number of anilines is 2. The molecular formula is C26H19N3O3S. The van der Waals surface area contributed by atoms with Crippen LogP contribution in [0.5, 0.6) is 0 Å². The number of nitrogens with one attached hydrogen (secondary N) is 2. The normalized spacial score (nSPS) is 10.8. The Balaban J connectivity index is 1.41. The van der Waals surface area contributed by atoms with E-state index in [4.69, 9.17) is 9.40 Å². The molecule has 2 aromatic heterocycles. The number of benzene rings is 3. The van der Waals surface area contributed by atoms with Crippen molar-refractivity contribution in [2.75, 3.05) is 10.6 Å². The molecule has 2 N–H and O–H groups in total. The Kier molecular flexibility index (Phi) is 5.46. The lowest BCUT2D eigenvalue weighted by Gasteiger charge is -2.12. The summed E-state index contributed by atoms with van der Waals surface area (Å²) in [5.74, 6) is -0.451. The van der Waals surface area contributed by atoms with Crippen molar-refractivity contribution in [3.63, 3.8) is 0 Å². The van der Waals surface area contributed by atoms with Gasteiger partial charge < -0.3 is 15.1 Å². The second kappa shape index (κ2) is 8.72. The van der Waals surface area contributed by atoms with E-state index in [-0.39, 0.29) is 17.6 Å². The van der Waals surface area contributed by atoms with E-state index in [1.165, 1.54) is 6.26 Å². The summed E-state index contributed by atoms with van der Waals surface area (Å²) in [5.41, 5.74) is 4.25. The van der Waals surface area contributed by atoms with Gasteiger partial charge in [0.2, 0.25) is 0 Å². The molecule has 0 bridgehead atoms. The van der Waals surface area contributed by atoms with Gasteiger partial charge in [0, 0.05) is 16.8 Å². The summed E-state index contributed by atoms with van der Waals surface area (Å²) in [4.78, 5) is 30.2. The number of fused-ring (bicyclic) bond motifs is 1. The molecule has 0 fully saturated rings. The smallest absolute Gasteiger partial charge is 0.291 e. The molecule has 0 saturated carbocycles. The molecule has 0 unspecified atom stereocenters. The Morgan fingerprint density at radius 3 is 2.45 bits per heavy atom. The van der Waals surface area contributed by atoms with Crippen molar-refractivity contribution >= 4 is 44.7 Å². The summed E-state index contributed by atoms with van der Waals surface area (Å²) in [5, 5.41) is 6.63. The lowest BCUT2D eigenvalue weighted by atomic mass is 10.1. The van der Waals surface area contributed by atoms with E-state index < -0.39 is 0 Å². The summed E-state index contributed by atoms with van der Waals surface area (Å²) in [7, 11) is 0. The number of rotatable bonds is 5. The summed E-state index contributed by atoms with van der Waals surface area (Å²) in [6.45, 7) is 1.86. The number of thiazole rings is 1. The van der Waals surface area contributed by atoms with E-state index in [1.54, 1.807) is 41.7 Å². The first-order valence-corrected chi connectivity index (χ1v) is 11.1. The van der Waals surface area contributed by atoms with Crippen molar-refractivity contribution in [2.24, 2.45) is 0 Å². The van der Waals surface area contributed by atoms with Gasteiger partial charge in [-0.15, -0.1) is 11.3 Å². The average Bonchev–Trinajstić information content (AvgIpc) is 3.51. The molecule has 0 spiro atoms. The maximum Gasteiger partial charge on any atom is 0.291 e.